The zero-order valence-electron chi connectivity index (χ0n) is 15.2. The van der Waals surface area contributed by atoms with Crippen LogP contribution in [0.25, 0.3) is 0 Å². The van der Waals surface area contributed by atoms with Crippen molar-refractivity contribution in [1.29, 1.82) is 0 Å². The van der Waals surface area contributed by atoms with E-state index in [0.717, 1.165) is 5.56 Å². The molecule has 0 saturated heterocycles. The lowest BCUT2D eigenvalue weighted by Crippen LogP contribution is -2.34. The van der Waals surface area contributed by atoms with Crippen LogP contribution < -0.4 is 19.5 Å². The number of anilines is 1. The minimum atomic E-state index is -1.07. The highest BCUT2D eigenvalue weighted by Crippen LogP contribution is 2.35. The summed E-state index contributed by atoms with van der Waals surface area (Å²) in [6.07, 6.45) is 0. The summed E-state index contributed by atoms with van der Waals surface area (Å²) in [5.74, 6) is 0.388. The molecule has 3 rings (SSSR count). The number of hydrogen-bond donors (Lipinski definition) is 2. The highest BCUT2D eigenvalue weighted by molar-refractivity contribution is 5.98. The summed E-state index contributed by atoms with van der Waals surface area (Å²) in [6, 6.07) is 12.1. The highest BCUT2D eigenvalue weighted by Gasteiger charge is 2.31. The number of nitrogens with one attached hydrogen (secondary N) is 1. The molecule has 1 heterocycles. The van der Waals surface area contributed by atoms with E-state index in [2.05, 4.69) is 5.32 Å². The Hall–Kier alpha value is -3.22. The zero-order chi connectivity index (χ0) is 19.4. The van der Waals surface area contributed by atoms with Crippen LogP contribution in [-0.4, -0.2) is 36.8 Å². The van der Waals surface area contributed by atoms with E-state index < -0.39 is 18.0 Å². The molecule has 0 aromatic heterocycles. The second kappa shape index (κ2) is 7.57. The number of hydrogen-bond acceptors (Lipinski definition) is 5. The van der Waals surface area contributed by atoms with Gasteiger partial charge in [-0.15, -0.1) is 0 Å². The van der Waals surface area contributed by atoms with Gasteiger partial charge in [-0.2, -0.15) is 0 Å². The van der Waals surface area contributed by atoms with Gasteiger partial charge in [0.15, 0.2) is 18.1 Å². The van der Waals surface area contributed by atoms with Crippen LogP contribution in [0.4, 0.5) is 5.69 Å². The number of aliphatic carboxylic acids is 1. The predicted molar refractivity (Wildman–Crippen MR) is 98.7 cm³/mol. The van der Waals surface area contributed by atoms with Crippen molar-refractivity contribution in [3.05, 3.63) is 48.0 Å². The number of rotatable bonds is 6. The van der Waals surface area contributed by atoms with Gasteiger partial charge in [-0.3, -0.25) is 4.79 Å². The summed E-state index contributed by atoms with van der Waals surface area (Å²) in [5, 5.41) is 11.5. The van der Waals surface area contributed by atoms with Crippen LogP contribution in [-0.2, 0) is 15.0 Å². The minimum Gasteiger partial charge on any atom is -0.486 e. The van der Waals surface area contributed by atoms with Gasteiger partial charge in [-0.1, -0.05) is 12.1 Å². The van der Waals surface area contributed by atoms with E-state index in [4.69, 9.17) is 19.3 Å². The van der Waals surface area contributed by atoms with Crippen molar-refractivity contribution >= 4 is 17.6 Å². The third kappa shape index (κ3) is 4.31. The molecule has 2 N–H and O–H groups in total. The van der Waals surface area contributed by atoms with Crippen molar-refractivity contribution in [3.8, 4) is 17.2 Å². The molecule has 0 atom stereocenters. The Labute approximate surface area is 156 Å². The van der Waals surface area contributed by atoms with Gasteiger partial charge in [0, 0.05) is 11.8 Å². The summed E-state index contributed by atoms with van der Waals surface area (Å²) in [4.78, 5) is 23.5. The number of carboxylic acids is 1. The van der Waals surface area contributed by atoms with Gasteiger partial charge in [0.05, 0.1) is 5.41 Å². The Morgan fingerprint density at radius 3 is 2.59 bits per heavy atom. The molecule has 0 fully saturated rings. The molecule has 2 aromatic rings. The maximum Gasteiger partial charge on any atom is 0.341 e. The number of fused-ring (bicyclic) bond motifs is 1. The van der Waals surface area contributed by atoms with Gasteiger partial charge in [-0.25, -0.2) is 4.79 Å². The molecular weight excluding hydrogens is 350 g/mol. The zero-order valence-corrected chi connectivity index (χ0v) is 15.2. The number of carbonyl (C=O) groups is 2. The number of carbonyl (C=O) groups excluding carboxylic acids is 1. The Morgan fingerprint density at radius 2 is 1.85 bits per heavy atom. The van der Waals surface area contributed by atoms with Crippen molar-refractivity contribution < 1.29 is 28.9 Å². The average Bonchev–Trinajstić information content (AvgIpc) is 2.66. The van der Waals surface area contributed by atoms with Gasteiger partial charge < -0.3 is 24.6 Å². The molecule has 0 unspecified atom stereocenters. The van der Waals surface area contributed by atoms with Gasteiger partial charge in [0.1, 0.15) is 19.0 Å². The van der Waals surface area contributed by atoms with E-state index in [1.807, 2.05) is 26.0 Å². The molecule has 0 radical (unpaired) electrons. The molecule has 7 nitrogen and oxygen atoms in total. The molecule has 0 bridgehead atoms. The Morgan fingerprint density at radius 1 is 1.11 bits per heavy atom. The molecule has 142 valence electrons. The number of amides is 1. The first-order chi connectivity index (χ1) is 12.9. The summed E-state index contributed by atoms with van der Waals surface area (Å²) in [5.41, 5.74) is 0.490. The lowest BCUT2D eigenvalue weighted by atomic mass is 9.83. The van der Waals surface area contributed by atoms with Gasteiger partial charge in [0.2, 0.25) is 5.91 Å². The number of carboxylic acid groups (broad SMARTS) is 1. The average molecular weight is 371 g/mol. The van der Waals surface area contributed by atoms with Crippen molar-refractivity contribution in [3.63, 3.8) is 0 Å². The first kappa shape index (κ1) is 18.6. The molecule has 7 heteroatoms. The van der Waals surface area contributed by atoms with Crippen molar-refractivity contribution in [2.45, 2.75) is 19.3 Å². The molecule has 1 aliphatic rings. The Kier molecular flexibility index (Phi) is 5.21. The summed E-state index contributed by atoms with van der Waals surface area (Å²) in [7, 11) is 0. The van der Waals surface area contributed by atoms with Crippen molar-refractivity contribution in [1.82, 2.24) is 0 Å². The van der Waals surface area contributed by atoms with E-state index in [-0.39, 0.29) is 5.91 Å². The first-order valence-electron chi connectivity index (χ1n) is 8.52. The van der Waals surface area contributed by atoms with Crippen LogP contribution in [0.3, 0.4) is 0 Å². The highest BCUT2D eigenvalue weighted by atomic mass is 16.6. The van der Waals surface area contributed by atoms with Crippen LogP contribution in [0, 0.1) is 0 Å². The Balaban J connectivity index is 1.75. The van der Waals surface area contributed by atoms with E-state index in [1.54, 1.807) is 30.3 Å². The summed E-state index contributed by atoms with van der Waals surface area (Å²) in [6.45, 7) is 4.18. The number of ether oxygens (including phenoxy) is 3. The van der Waals surface area contributed by atoms with Crippen LogP contribution in [0.1, 0.15) is 19.4 Å². The van der Waals surface area contributed by atoms with E-state index >= 15 is 0 Å². The van der Waals surface area contributed by atoms with E-state index in [9.17, 15) is 9.59 Å². The minimum absolute atomic E-state index is 0.213. The molecular formula is C20H21NO6. The third-order valence-electron chi connectivity index (χ3n) is 4.29. The quantitative estimate of drug-likeness (QED) is 0.811. The maximum atomic E-state index is 12.9. The molecule has 27 heavy (non-hydrogen) atoms. The lowest BCUT2D eigenvalue weighted by molar-refractivity contribution is -0.139. The second-order valence-electron chi connectivity index (χ2n) is 6.65. The molecule has 0 spiro atoms. The topological polar surface area (TPSA) is 94.1 Å². The monoisotopic (exact) mass is 371 g/mol. The third-order valence-corrected chi connectivity index (χ3v) is 4.29. The summed E-state index contributed by atoms with van der Waals surface area (Å²) < 4.78 is 16.3. The van der Waals surface area contributed by atoms with Gasteiger partial charge in [0.25, 0.3) is 0 Å². The number of benzene rings is 2. The van der Waals surface area contributed by atoms with Crippen LogP contribution in [0.2, 0.25) is 0 Å². The van der Waals surface area contributed by atoms with Crippen molar-refractivity contribution in [2.75, 3.05) is 25.1 Å². The van der Waals surface area contributed by atoms with Gasteiger partial charge >= 0.3 is 5.97 Å². The molecule has 1 aliphatic heterocycles. The van der Waals surface area contributed by atoms with Crippen molar-refractivity contribution in [2.24, 2.45) is 0 Å². The van der Waals surface area contributed by atoms with E-state index in [1.165, 1.54) is 0 Å². The smallest absolute Gasteiger partial charge is 0.341 e. The summed E-state index contributed by atoms with van der Waals surface area (Å²) >= 11 is 0. The fourth-order valence-corrected chi connectivity index (χ4v) is 2.66. The van der Waals surface area contributed by atoms with Crippen LogP contribution in [0.5, 0.6) is 17.2 Å². The SMILES string of the molecule is CC(C)(C(=O)Nc1cccc(OCC(=O)O)c1)c1ccc2c(c1)OCCO2. The maximum absolute atomic E-state index is 12.9. The molecule has 2 aromatic carbocycles. The Bertz CT molecular complexity index is 861. The fraction of sp³-hybridized carbons (Fsp3) is 0.300. The predicted octanol–water partition coefficient (Wildman–Crippen LogP) is 2.84. The molecule has 1 amide bonds. The normalized spacial score (nSPS) is 13.0. The fourth-order valence-electron chi connectivity index (χ4n) is 2.66. The standard InChI is InChI=1S/C20H21NO6/c1-20(2,13-6-7-16-17(10-13)26-9-8-25-16)19(24)21-14-4-3-5-15(11-14)27-12-18(22)23/h3-7,10-11H,8-9,12H2,1-2H3,(H,21,24)(H,22,23). The molecule has 0 aliphatic carbocycles. The van der Waals surface area contributed by atoms with Gasteiger partial charge in [-0.05, 0) is 43.7 Å². The first-order valence-corrected chi connectivity index (χ1v) is 8.52. The second-order valence-corrected chi connectivity index (χ2v) is 6.65. The largest absolute Gasteiger partial charge is 0.486 e. The van der Waals surface area contributed by atoms with E-state index in [0.29, 0.717) is 36.1 Å². The van der Waals surface area contributed by atoms with Crippen LogP contribution >= 0.6 is 0 Å². The van der Waals surface area contributed by atoms with Crippen LogP contribution in [0.15, 0.2) is 42.5 Å². The molecule has 0 saturated carbocycles. The lowest BCUT2D eigenvalue weighted by Gasteiger charge is -2.26.